The molecule has 0 rings (SSSR count). The Balaban J connectivity index is 3.45. The van der Waals surface area contributed by atoms with Gasteiger partial charge in [0.15, 0.2) is 0 Å². The topological polar surface area (TPSA) is 110 Å². The number of carboxylic acids is 2. The molecule has 0 aliphatic rings. The average molecular weight is 316 g/mol. The fourth-order valence-corrected chi connectivity index (χ4v) is 1.76. The summed E-state index contributed by atoms with van der Waals surface area (Å²) < 4.78 is 10.2. The van der Waals surface area contributed by atoms with Crippen molar-refractivity contribution in [2.45, 2.75) is 38.5 Å². The van der Waals surface area contributed by atoms with Crippen molar-refractivity contribution in [3.05, 3.63) is 12.7 Å². The number of ether oxygens (including phenoxy) is 2. The van der Waals surface area contributed by atoms with Crippen LogP contribution >= 0.6 is 0 Å². The summed E-state index contributed by atoms with van der Waals surface area (Å²) in [5.74, 6) is -3.44. The Kier molecular flexibility index (Phi) is 11.7. The highest BCUT2D eigenvalue weighted by Gasteiger charge is 2.20. The van der Waals surface area contributed by atoms with Gasteiger partial charge in [0.05, 0.1) is 18.9 Å². The minimum atomic E-state index is -1.10. The molecule has 1 atom stereocenters. The van der Waals surface area contributed by atoms with Crippen LogP contribution < -0.4 is 0 Å². The standard InChI is InChI=1S/C15H24O7/c1-2-14(18)22-10-6-5-9-21-8-4-3-7-12(15(19)20)11-13(16)17/h2,12H,1,3-11H2,(H,16,17)(H,19,20). The lowest BCUT2D eigenvalue weighted by atomic mass is 9.99. The van der Waals surface area contributed by atoms with E-state index in [2.05, 4.69) is 6.58 Å². The number of carboxylic acid groups (broad SMARTS) is 2. The van der Waals surface area contributed by atoms with Crippen molar-refractivity contribution in [1.82, 2.24) is 0 Å². The molecule has 0 saturated carbocycles. The van der Waals surface area contributed by atoms with E-state index >= 15 is 0 Å². The largest absolute Gasteiger partial charge is 0.481 e. The summed E-state index contributed by atoms with van der Waals surface area (Å²) in [5, 5.41) is 17.5. The monoisotopic (exact) mass is 316 g/mol. The number of unbranched alkanes of at least 4 members (excludes halogenated alkanes) is 2. The molecule has 0 fully saturated rings. The molecular formula is C15H24O7. The summed E-state index contributed by atoms with van der Waals surface area (Å²) in [5.41, 5.74) is 0. The normalized spacial score (nSPS) is 11.6. The number of carbonyl (C=O) groups excluding carboxylic acids is 1. The zero-order valence-electron chi connectivity index (χ0n) is 12.7. The highest BCUT2D eigenvalue weighted by atomic mass is 16.5. The molecule has 1 unspecified atom stereocenters. The molecule has 22 heavy (non-hydrogen) atoms. The van der Waals surface area contributed by atoms with Crippen molar-refractivity contribution >= 4 is 17.9 Å². The molecule has 0 amide bonds. The van der Waals surface area contributed by atoms with Gasteiger partial charge in [0.25, 0.3) is 0 Å². The SMILES string of the molecule is C=CC(=O)OCCCCOCCCCC(CC(=O)O)C(=O)O. The molecule has 0 radical (unpaired) electrons. The van der Waals surface area contributed by atoms with Crippen molar-refractivity contribution in [3.8, 4) is 0 Å². The first-order valence-electron chi connectivity index (χ1n) is 7.29. The maximum atomic E-state index is 10.8. The average Bonchev–Trinajstić information content (AvgIpc) is 2.46. The number of aliphatic carboxylic acids is 2. The number of rotatable bonds is 14. The maximum Gasteiger partial charge on any atom is 0.330 e. The van der Waals surface area contributed by atoms with Crippen LogP contribution in [0, 0.1) is 5.92 Å². The molecule has 0 aliphatic carbocycles. The van der Waals surface area contributed by atoms with Crippen molar-refractivity contribution in [2.24, 2.45) is 5.92 Å². The lowest BCUT2D eigenvalue weighted by Crippen LogP contribution is -2.17. The van der Waals surface area contributed by atoms with Gasteiger partial charge in [-0.05, 0) is 25.7 Å². The van der Waals surface area contributed by atoms with E-state index in [0.717, 1.165) is 12.5 Å². The third-order valence-corrected chi connectivity index (χ3v) is 2.96. The highest BCUT2D eigenvalue weighted by Crippen LogP contribution is 2.13. The Hall–Kier alpha value is -1.89. The second-order valence-electron chi connectivity index (χ2n) is 4.82. The summed E-state index contributed by atoms with van der Waals surface area (Å²) in [6.45, 7) is 4.68. The van der Waals surface area contributed by atoms with Crippen molar-refractivity contribution in [3.63, 3.8) is 0 Å². The van der Waals surface area contributed by atoms with Gasteiger partial charge in [0.2, 0.25) is 0 Å². The van der Waals surface area contributed by atoms with Gasteiger partial charge in [-0.3, -0.25) is 9.59 Å². The van der Waals surface area contributed by atoms with E-state index in [0.29, 0.717) is 45.5 Å². The van der Waals surface area contributed by atoms with Crippen LogP contribution in [0.1, 0.15) is 38.5 Å². The van der Waals surface area contributed by atoms with E-state index in [-0.39, 0.29) is 6.42 Å². The number of carbonyl (C=O) groups is 3. The van der Waals surface area contributed by atoms with Gasteiger partial charge in [-0.15, -0.1) is 0 Å². The molecule has 2 N–H and O–H groups in total. The van der Waals surface area contributed by atoms with Gasteiger partial charge in [0.1, 0.15) is 0 Å². The Labute approximate surface area is 129 Å². The molecule has 126 valence electrons. The summed E-state index contributed by atoms with van der Waals surface area (Å²) in [6.07, 6.45) is 3.88. The zero-order chi connectivity index (χ0) is 16.8. The van der Waals surface area contributed by atoms with Gasteiger partial charge in [0, 0.05) is 19.3 Å². The summed E-state index contributed by atoms with van der Waals surface area (Å²) in [7, 11) is 0. The molecule has 0 bridgehead atoms. The first kappa shape index (κ1) is 20.1. The Morgan fingerprint density at radius 3 is 2.14 bits per heavy atom. The minimum Gasteiger partial charge on any atom is -0.481 e. The minimum absolute atomic E-state index is 0.336. The second kappa shape index (κ2) is 12.8. The lowest BCUT2D eigenvalue weighted by Gasteiger charge is -2.09. The van der Waals surface area contributed by atoms with E-state index in [9.17, 15) is 14.4 Å². The van der Waals surface area contributed by atoms with Crippen LogP contribution in [0.15, 0.2) is 12.7 Å². The summed E-state index contributed by atoms with van der Waals surface area (Å²) >= 11 is 0. The van der Waals surface area contributed by atoms with Crippen LogP contribution in [0.5, 0.6) is 0 Å². The van der Waals surface area contributed by atoms with Gasteiger partial charge in [-0.1, -0.05) is 13.0 Å². The van der Waals surface area contributed by atoms with Crippen molar-refractivity contribution < 1.29 is 34.1 Å². The molecule has 0 aromatic rings. The first-order valence-corrected chi connectivity index (χ1v) is 7.29. The fourth-order valence-electron chi connectivity index (χ4n) is 1.76. The fraction of sp³-hybridized carbons (Fsp3) is 0.667. The van der Waals surface area contributed by atoms with Crippen LogP contribution in [0.4, 0.5) is 0 Å². The summed E-state index contributed by atoms with van der Waals surface area (Å²) in [4.78, 5) is 32.1. The van der Waals surface area contributed by atoms with E-state index in [4.69, 9.17) is 19.7 Å². The molecule has 0 aliphatic heterocycles. The van der Waals surface area contributed by atoms with Gasteiger partial charge < -0.3 is 19.7 Å². The van der Waals surface area contributed by atoms with Crippen molar-refractivity contribution in [2.75, 3.05) is 19.8 Å². The third-order valence-electron chi connectivity index (χ3n) is 2.96. The van der Waals surface area contributed by atoms with Crippen LogP contribution in [-0.4, -0.2) is 47.9 Å². The second-order valence-corrected chi connectivity index (χ2v) is 4.82. The molecule has 7 heteroatoms. The predicted octanol–water partition coefficient (Wildman–Crippen LogP) is 1.86. The quantitative estimate of drug-likeness (QED) is 0.286. The van der Waals surface area contributed by atoms with Crippen LogP contribution in [-0.2, 0) is 23.9 Å². The molecule has 7 nitrogen and oxygen atoms in total. The zero-order valence-corrected chi connectivity index (χ0v) is 12.7. The van der Waals surface area contributed by atoms with E-state index in [1.165, 1.54) is 0 Å². The van der Waals surface area contributed by atoms with Crippen LogP contribution in [0.25, 0.3) is 0 Å². The molecular weight excluding hydrogens is 292 g/mol. The number of hydrogen-bond donors (Lipinski definition) is 2. The van der Waals surface area contributed by atoms with Gasteiger partial charge in [-0.25, -0.2) is 4.79 Å². The smallest absolute Gasteiger partial charge is 0.330 e. The number of hydrogen-bond acceptors (Lipinski definition) is 5. The maximum absolute atomic E-state index is 10.8. The third kappa shape index (κ3) is 11.9. The molecule has 0 aromatic carbocycles. The first-order chi connectivity index (χ1) is 10.5. The Bertz CT molecular complexity index is 365. The molecule has 0 aromatic heterocycles. The molecule has 0 saturated heterocycles. The number of esters is 1. The van der Waals surface area contributed by atoms with Gasteiger partial charge >= 0.3 is 17.9 Å². The predicted molar refractivity (Wildman–Crippen MR) is 78.4 cm³/mol. The van der Waals surface area contributed by atoms with E-state index in [1.807, 2.05) is 0 Å². The van der Waals surface area contributed by atoms with Crippen LogP contribution in [0.3, 0.4) is 0 Å². The molecule has 0 spiro atoms. The van der Waals surface area contributed by atoms with E-state index < -0.39 is 23.8 Å². The highest BCUT2D eigenvalue weighted by molar-refractivity contribution is 5.81. The molecule has 0 heterocycles. The van der Waals surface area contributed by atoms with Crippen molar-refractivity contribution in [1.29, 1.82) is 0 Å². The summed E-state index contributed by atoms with van der Waals surface area (Å²) in [6, 6.07) is 0. The van der Waals surface area contributed by atoms with E-state index in [1.54, 1.807) is 0 Å². The Morgan fingerprint density at radius 1 is 1.00 bits per heavy atom. The Morgan fingerprint density at radius 2 is 1.59 bits per heavy atom. The van der Waals surface area contributed by atoms with Crippen LogP contribution in [0.2, 0.25) is 0 Å². The van der Waals surface area contributed by atoms with Gasteiger partial charge in [-0.2, -0.15) is 0 Å². The lowest BCUT2D eigenvalue weighted by molar-refractivity contribution is -0.148.